The second-order valence-electron chi connectivity index (χ2n) is 5.54. The molecule has 1 amide bonds. The van der Waals surface area contributed by atoms with Crippen LogP contribution in [-0.2, 0) is 11.3 Å². The van der Waals surface area contributed by atoms with E-state index in [-0.39, 0.29) is 29.6 Å². The van der Waals surface area contributed by atoms with E-state index in [0.717, 1.165) is 23.9 Å². The second-order valence-corrected chi connectivity index (χ2v) is 5.54. The summed E-state index contributed by atoms with van der Waals surface area (Å²) in [6.07, 6.45) is 0.390. The number of nitro groups is 1. The molecule has 142 valence electrons. The summed E-state index contributed by atoms with van der Waals surface area (Å²) >= 11 is 0. The molecule has 8 nitrogen and oxygen atoms in total. The van der Waals surface area contributed by atoms with Crippen LogP contribution in [0.5, 0.6) is 11.5 Å². The number of hydrogen-bond acceptors (Lipinski definition) is 6. The van der Waals surface area contributed by atoms with Gasteiger partial charge < -0.3 is 19.6 Å². The number of carbonyl (C=O) groups is 1. The van der Waals surface area contributed by atoms with Crippen molar-refractivity contribution in [2.24, 2.45) is 0 Å². The third kappa shape index (κ3) is 5.01. The predicted octanol–water partition coefficient (Wildman–Crippen LogP) is 4.67. The first-order chi connectivity index (χ1) is 13.5. The van der Waals surface area contributed by atoms with Crippen molar-refractivity contribution >= 4 is 17.6 Å². The van der Waals surface area contributed by atoms with Crippen molar-refractivity contribution in [3.8, 4) is 11.5 Å². The number of nitrogens with zero attached hydrogens (tertiary/aromatic N) is 2. The van der Waals surface area contributed by atoms with Gasteiger partial charge in [-0.2, -0.15) is 0 Å². The maximum atomic E-state index is 14.2. The van der Waals surface area contributed by atoms with E-state index in [1.807, 2.05) is 30.3 Å². The summed E-state index contributed by atoms with van der Waals surface area (Å²) in [5.74, 6) is -1.08. The fraction of sp³-hybridized carbons (Fsp3) is 0.0526. The van der Waals surface area contributed by atoms with E-state index in [4.69, 9.17) is 9.47 Å². The Hall–Kier alpha value is -4.01. The van der Waals surface area contributed by atoms with Gasteiger partial charge in [0, 0.05) is 17.8 Å². The van der Waals surface area contributed by atoms with Gasteiger partial charge in [-0.05, 0) is 33.7 Å². The first kappa shape index (κ1) is 18.8. The number of pyridine rings is 1. The van der Waals surface area contributed by atoms with Crippen LogP contribution >= 0.6 is 0 Å². The lowest BCUT2D eigenvalue weighted by atomic mass is 10.2. The van der Waals surface area contributed by atoms with Gasteiger partial charge in [0.05, 0.1) is 0 Å². The Kier molecular flexibility index (Phi) is 5.75. The average Bonchev–Trinajstić information content (AvgIpc) is 2.70. The molecule has 0 aliphatic carbocycles. The van der Waals surface area contributed by atoms with Gasteiger partial charge in [-0.15, -0.1) is 0 Å². The van der Waals surface area contributed by atoms with Gasteiger partial charge in [0.1, 0.15) is 6.61 Å². The Bertz CT molecular complexity index is 981. The van der Waals surface area contributed by atoms with Gasteiger partial charge in [0.15, 0.2) is 23.5 Å². The van der Waals surface area contributed by atoms with Crippen LogP contribution in [0.4, 0.5) is 20.7 Å². The Morgan fingerprint density at radius 1 is 1.14 bits per heavy atom. The largest absolute Gasteiger partial charge is 0.450 e. The van der Waals surface area contributed by atoms with Gasteiger partial charge in [0.2, 0.25) is 0 Å². The van der Waals surface area contributed by atoms with Crippen molar-refractivity contribution in [3.05, 3.63) is 88.4 Å². The van der Waals surface area contributed by atoms with Gasteiger partial charge in [-0.3, -0.25) is 5.32 Å². The van der Waals surface area contributed by atoms with E-state index in [1.165, 1.54) is 18.2 Å². The predicted molar refractivity (Wildman–Crippen MR) is 97.6 cm³/mol. The van der Waals surface area contributed by atoms with Crippen molar-refractivity contribution in [1.82, 2.24) is 4.98 Å². The molecule has 0 atom stereocenters. The molecule has 9 heteroatoms. The minimum Gasteiger partial charge on any atom is -0.450 e. The lowest BCUT2D eigenvalue weighted by Gasteiger charge is -2.09. The molecule has 0 saturated heterocycles. The Morgan fingerprint density at radius 2 is 1.93 bits per heavy atom. The van der Waals surface area contributed by atoms with Gasteiger partial charge in [-0.1, -0.05) is 30.3 Å². The molecule has 0 fully saturated rings. The first-order valence-corrected chi connectivity index (χ1v) is 8.07. The number of rotatable bonds is 6. The van der Waals surface area contributed by atoms with E-state index in [0.29, 0.717) is 0 Å². The van der Waals surface area contributed by atoms with Crippen LogP contribution < -0.4 is 10.1 Å². The average molecular weight is 383 g/mol. The van der Waals surface area contributed by atoms with E-state index in [2.05, 4.69) is 10.3 Å². The molecule has 0 spiro atoms. The fourth-order valence-electron chi connectivity index (χ4n) is 2.21. The fourth-order valence-corrected chi connectivity index (χ4v) is 2.21. The zero-order valence-corrected chi connectivity index (χ0v) is 14.4. The minimum atomic E-state index is -0.737. The molecule has 3 aromatic rings. The lowest BCUT2D eigenvalue weighted by molar-refractivity contribution is -0.389. The molecule has 0 unspecified atom stereocenters. The highest BCUT2D eigenvalue weighted by molar-refractivity contribution is 5.84. The zero-order valence-electron chi connectivity index (χ0n) is 14.4. The number of aromatic nitrogens is 1. The number of amides is 1. The summed E-state index contributed by atoms with van der Waals surface area (Å²) in [7, 11) is 0. The summed E-state index contributed by atoms with van der Waals surface area (Å²) in [4.78, 5) is 25.3. The molecular weight excluding hydrogens is 369 g/mol. The lowest BCUT2D eigenvalue weighted by Crippen LogP contribution is -2.13. The highest BCUT2D eigenvalue weighted by atomic mass is 19.1. The van der Waals surface area contributed by atoms with Crippen molar-refractivity contribution < 1.29 is 23.6 Å². The Balaban J connectivity index is 1.58. The monoisotopic (exact) mass is 383 g/mol. The maximum Gasteiger partial charge on any atom is 0.411 e. The van der Waals surface area contributed by atoms with Crippen LogP contribution in [0.15, 0.2) is 66.9 Å². The highest BCUT2D eigenvalue weighted by Crippen LogP contribution is 2.27. The molecule has 0 bridgehead atoms. The number of halogens is 1. The number of benzene rings is 2. The third-order valence-electron chi connectivity index (χ3n) is 3.53. The first-order valence-electron chi connectivity index (χ1n) is 8.07. The molecule has 0 radical (unpaired) electrons. The molecule has 28 heavy (non-hydrogen) atoms. The quantitative estimate of drug-likeness (QED) is 0.490. The normalized spacial score (nSPS) is 10.2. The summed E-state index contributed by atoms with van der Waals surface area (Å²) in [6.45, 7) is 0.0868. The van der Waals surface area contributed by atoms with Crippen LogP contribution in [0.3, 0.4) is 0 Å². The SMILES string of the molecule is O=C(Nc1ccc(Oc2ccc([N+](=O)[O-])nc2)c(F)c1)OCc1ccccc1. The van der Waals surface area contributed by atoms with Crippen molar-refractivity contribution in [1.29, 1.82) is 0 Å². The molecule has 3 rings (SSSR count). The molecular formula is C19H14FN3O5. The van der Waals surface area contributed by atoms with Gasteiger partial charge in [-0.25, -0.2) is 9.18 Å². The van der Waals surface area contributed by atoms with Crippen molar-refractivity contribution in [2.75, 3.05) is 5.32 Å². The van der Waals surface area contributed by atoms with E-state index in [1.54, 1.807) is 0 Å². The smallest absolute Gasteiger partial charge is 0.411 e. The maximum absolute atomic E-state index is 14.2. The van der Waals surface area contributed by atoms with Crippen molar-refractivity contribution in [3.63, 3.8) is 0 Å². The molecule has 0 saturated carbocycles. The van der Waals surface area contributed by atoms with Crippen LogP contribution in [0.1, 0.15) is 5.56 Å². The Labute approximate surface area is 158 Å². The number of ether oxygens (including phenoxy) is 2. The summed E-state index contributed by atoms with van der Waals surface area (Å²) in [5, 5.41) is 13.0. The molecule has 0 aliphatic rings. The standard InChI is InChI=1S/C19H14FN3O5/c20-16-10-14(22-19(24)27-12-13-4-2-1-3-5-13)6-8-17(16)28-15-7-9-18(21-11-15)23(25)26/h1-11H,12H2,(H,22,24). The number of hydrogen-bond donors (Lipinski definition) is 1. The van der Waals surface area contributed by atoms with Crippen LogP contribution in [0.25, 0.3) is 0 Å². The van der Waals surface area contributed by atoms with E-state index >= 15 is 0 Å². The molecule has 2 aromatic carbocycles. The second kappa shape index (κ2) is 8.58. The van der Waals surface area contributed by atoms with Crippen LogP contribution in [0.2, 0.25) is 0 Å². The number of nitrogens with one attached hydrogen (secondary N) is 1. The number of carbonyl (C=O) groups excluding carboxylic acids is 1. The van der Waals surface area contributed by atoms with E-state index < -0.39 is 16.8 Å². The third-order valence-corrected chi connectivity index (χ3v) is 3.53. The van der Waals surface area contributed by atoms with Crippen LogP contribution in [-0.4, -0.2) is 16.0 Å². The van der Waals surface area contributed by atoms with Gasteiger partial charge in [0.25, 0.3) is 0 Å². The zero-order chi connectivity index (χ0) is 19.9. The van der Waals surface area contributed by atoms with E-state index in [9.17, 15) is 19.3 Å². The molecule has 1 aromatic heterocycles. The van der Waals surface area contributed by atoms with Crippen LogP contribution in [0, 0.1) is 15.9 Å². The molecule has 1 N–H and O–H groups in total. The van der Waals surface area contributed by atoms with Gasteiger partial charge >= 0.3 is 11.9 Å². The Morgan fingerprint density at radius 3 is 2.57 bits per heavy atom. The highest BCUT2D eigenvalue weighted by Gasteiger charge is 2.12. The number of anilines is 1. The van der Waals surface area contributed by atoms with Crippen molar-refractivity contribution in [2.45, 2.75) is 6.61 Å². The minimum absolute atomic E-state index is 0.0868. The summed E-state index contributed by atoms with van der Waals surface area (Å²) in [5.41, 5.74) is 1.01. The molecule has 0 aliphatic heterocycles. The summed E-state index contributed by atoms with van der Waals surface area (Å²) < 4.78 is 24.6. The molecule has 1 heterocycles. The topological polar surface area (TPSA) is 104 Å². The summed E-state index contributed by atoms with van der Waals surface area (Å²) in [6, 6.07) is 15.4.